The van der Waals surface area contributed by atoms with E-state index in [1.165, 1.54) is 167 Å². The highest BCUT2D eigenvalue weighted by atomic mass is 31.2. The zero-order valence-electron chi connectivity index (χ0n) is 43.9. The van der Waals surface area contributed by atoms with Crippen molar-refractivity contribution >= 4 is 13.7 Å². The fourth-order valence-electron chi connectivity index (χ4n) is 7.83. The molecule has 3 atom stereocenters. The number of carbonyl (C=O) groups excluding carboxylic acids is 1. The second-order valence-corrected chi connectivity index (χ2v) is 21.4. The Balaban J connectivity index is 4.33. The van der Waals surface area contributed by atoms with Crippen LogP contribution in [0.3, 0.4) is 0 Å². The first kappa shape index (κ1) is 64.2. The van der Waals surface area contributed by atoms with Crippen molar-refractivity contribution in [3.05, 3.63) is 60.8 Å². The average molecular weight is 948 g/mol. The van der Waals surface area contributed by atoms with Gasteiger partial charge in [0, 0.05) is 6.42 Å². The van der Waals surface area contributed by atoms with Crippen LogP contribution in [0, 0.1) is 0 Å². The van der Waals surface area contributed by atoms with Gasteiger partial charge in [0.2, 0.25) is 5.91 Å². The van der Waals surface area contributed by atoms with E-state index in [2.05, 4.69) is 67.8 Å². The molecule has 8 nitrogen and oxygen atoms in total. The monoisotopic (exact) mass is 948 g/mol. The summed E-state index contributed by atoms with van der Waals surface area (Å²) < 4.78 is 23.7. The van der Waals surface area contributed by atoms with Crippen LogP contribution < -0.4 is 5.32 Å². The standard InChI is InChI=1S/C57H107N2O6P/c1-6-8-10-12-14-16-18-20-22-24-26-28-29-31-33-35-37-39-41-43-45-47-49-51-57(61)58-55(54-65-66(62,63)64-53-52-59(3,4)5)56(60)50-48-46-44-42-40-38-36-34-32-30-27-25-23-21-19-17-15-13-11-9-7-2/h18,20,24,26,29,31,40,42,48,50,55-56,60H,6-17,19,21-23,25,27-28,30,32-39,41,43-47,49,51-54H2,1-5H3,(H-,58,61,62,63)/p+1/b20-18-,26-24-,31-29-,42-40+,50-48+. The van der Waals surface area contributed by atoms with Crippen LogP contribution in [0.25, 0.3) is 0 Å². The molecular weight excluding hydrogens is 840 g/mol. The molecular formula is C57H108N2O6P+. The number of likely N-dealkylation sites (N-methyl/N-ethyl adjacent to an activating group) is 1. The fourth-order valence-corrected chi connectivity index (χ4v) is 8.57. The SMILES string of the molecule is CCCCCCC/C=C\C/C=C\C/C=C\CCCCCCCCCCC(=O)NC(COP(=O)(O)OCC[N+](C)(C)C)C(O)/C=C/CC/C=C/CCCCCCCCCCCCCCCCC. The third-order valence-corrected chi connectivity index (χ3v) is 13.2. The fraction of sp³-hybridized carbons (Fsp3) is 0.807. The summed E-state index contributed by atoms with van der Waals surface area (Å²) >= 11 is 0. The van der Waals surface area contributed by atoms with Crippen molar-refractivity contribution in [3.63, 3.8) is 0 Å². The number of aliphatic hydroxyl groups is 1. The van der Waals surface area contributed by atoms with Crippen molar-refractivity contribution in [2.24, 2.45) is 0 Å². The van der Waals surface area contributed by atoms with Crippen molar-refractivity contribution in [2.45, 2.75) is 257 Å². The Kier molecular flexibility index (Phi) is 46.9. The van der Waals surface area contributed by atoms with Crippen molar-refractivity contribution in [1.29, 1.82) is 0 Å². The molecule has 66 heavy (non-hydrogen) atoms. The van der Waals surface area contributed by atoms with Crippen LogP contribution in [0.4, 0.5) is 0 Å². The van der Waals surface area contributed by atoms with Crippen LogP contribution in [0.5, 0.6) is 0 Å². The van der Waals surface area contributed by atoms with Crippen LogP contribution in [0.15, 0.2) is 60.8 Å². The number of nitrogens with one attached hydrogen (secondary N) is 1. The van der Waals surface area contributed by atoms with Gasteiger partial charge in [0.25, 0.3) is 0 Å². The number of phosphoric ester groups is 1. The molecule has 0 aromatic carbocycles. The van der Waals surface area contributed by atoms with Gasteiger partial charge in [0.15, 0.2) is 0 Å². The third kappa shape index (κ3) is 50.1. The number of rotatable bonds is 50. The Morgan fingerprint density at radius 2 is 0.879 bits per heavy atom. The number of aliphatic hydroxyl groups excluding tert-OH is 1. The maximum absolute atomic E-state index is 13.0. The molecule has 9 heteroatoms. The Hall–Kier alpha value is -1.80. The van der Waals surface area contributed by atoms with Gasteiger partial charge < -0.3 is 19.8 Å². The molecule has 386 valence electrons. The maximum atomic E-state index is 13.0. The number of hydrogen-bond acceptors (Lipinski definition) is 5. The Morgan fingerprint density at radius 1 is 0.515 bits per heavy atom. The van der Waals surface area contributed by atoms with Crippen LogP contribution >= 0.6 is 7.82 Å². The van der Waals surface area contributed by atoms with Gasteiger partial charge >= 0.3 is 7.82 Å². The summed E-state index contributed by atoms with van der Waals surface area (Å²) in [6.07, 6.45) is 64.5. The van der Waals surface area contributed by atoms with Crippen LogP contribution in [-0.4, -0.2) is 73.4 Å². The first-order valence-electron chi connectivity index (χ1n) is 27.7. The highest BCUT2D eigenvalue weighted by Crippen LogP contribution is 2.43. The highest BCUT2D eigenvalue weighted by molar-refractivity contribution is 7.47. The number of hydrogen-bond donors (Lipinski definition) is 3. The first-order chi connectivity index (χ1) is 32.0. The molecule has 0 aromatic heterocycles. The van der Waals surface area contributed by atoms with E-state index < -0.39 is 20.0 Å². The van der Waals surface area contributed by atoms with Gasteiger partial charge in [-0.3, -0.25) is 13.8 Å². The Labute approximate surface area is 409 Å². The predicted octanol–water partition coefficient (Wildman–Crippen LogP) is 16.5. The Morgan fingerprint density at radius 3 is 1.32 bits per heavy atom. The molecule has 3 unspecified atom stereocenters. The molecule has 0 aliphatic carbocycles. The molecule has 0 rings (SSSR count). The quantitative estimate of drug-likeness (QED) is 0.0243. The van der Waals surface area contributed by atoms with E-state index in [0.29, 0.717) is 17.4 Å². The van der Waals surface area contributed by atoms with Gasteiger partial charge in [0.1, 0.15) is 13.2 Å². The van der Waals surface area contributed by atoms with Crippen molar-refractivity contribution in [2.75, 3.05) is 40.9 Å². The summed E-state index contributed by atoms with van der Waals surface area (Å²) in [7, 11) is 1.55. The van der Waals surface area contributed by atoms with Crippen LogP contribution in [0.2, 0.25) is 0 Å². The van der Waals surface area contributed by atoms with Crippen molar-refractivity contribution in [3.8, 4) is 0 Å². The summed E-state index contributed by atoms with van der Waals surface area (Å²) in [5.41, 5.74) is 0. The number of allylic oxidation sites excluding steroid dienone is 9. The molecule has 0 fully saturated rings. The van der Waals surface area contributed by atoms with Crippen LogP contribution in [0.1, 0.15) is 245 Å². The lowest BCUT2D eigenvalue weighted by atomic mass is 10.0. The smallest absolute Gasteiger partial charge is 0.387 e. The summed E-state index contributed by atoms with van der Waals surface area (Å²) in [5.74, 6) is -0.194. The molecule has 3 N–H and O–H groups in total. The van der Waals surface area contributed by atoms with E-state index in [9.17, 15) is 19.4 Å². The predicted molar refractivity (Wildman–Crippen MR) is 286 cm³/mol. The molecule has 0 saturated heterocycles. The minimum atomic E-state index is -4.36. The van der Waals surface area contributed by atoms with E-state index in [0.717, 1.165) is 57.8 Å². The van der Waals surface area contributed by atoms with Gasteiger partial charge in [-0.15, -0.1) is 0 Å². The molecule has 0 aliphatic rings. The number of nitrogens with zero attached hydrogens (tertiary/aromatic N) is 1. The maximum Gasteiger partial charge on any atom is 0.472 e. The second kappa shape index (κ2) is 48.2. The second-order valence-electron chi connectivity index (χ2n) is 19.9. The number of phosphoric acid groups is 1. The Bertz CT molecular complexity index is 1260. The van der Waals surface area contributed by atoms with E-state index in [1.54, 1.807) is 6.08 Å². The van der Waals surface area contributed by atoms with Crippen LogP contribution in [-0.2, 0) is 18.4 Å². The largest absolute Gasteiger partial charge is 0.472 e. The number of quaternary nitrogens is 1. The summed E-state index contributed by atoms with van der Waals surface area (Å²) in [4.78, 5) is 23.3. The van der Waals surface area contributed by atoms with E-state index in [-0.39, 0.29) is 19.1 Å². The van der Waals surface area contributed by atoms with Crippen molar-refractivity contribution in [1.82, 2.24) is 5.32 Å². The first-order valence-corrected chi connectivity index (χ1v) is 29.2. The van der Waals surface area contributed by atoms with E-state index >= 15 is 0 Å². The normalized spacial score (nSPS) is 14.5. The van der Waals surface area contributed by atoms with Gasteiger partial charge in [0.05, 0.1) is 39.9 Å². The zero-order chi connectivity index (χ0) is 48.5. The summed E-state index contributed by atoms with van der Waals surface area (Å²) in [6, 6.07) is -0.870. The molecule has 0 saturated carbocycles. The topological polar surface area (TPSA) is 105 Å². The van der Waals surface area contributed by atoms with Gasteiger partial charge in [-0.2, -0.15) is 0 Å². The minimum absolute atomic E-state index is 0.0526. The van der Waals surface area contributed by atoms with Gasteiger partial charge in [-0.25, -0.2) is 4.57 Å². The molecule has 0 heterocycles. The van der Waals surface area contributed by atoms with Gasteiger partial charge in [-0.1, -0.05) is 229 Å². The van der Waals surface area contributed by atoms with E-state index in [4.69, 9.17) is 9.05 Å². The highest BCUT2D eigenvalue weighted by Gasteiger charge is 2.27. The molecule has 0 radical (unpaired) electrons. The lowest BCUT2D eigenvalue weighted by molar-refractivity contribution is -0.870. The minimum Gasteiger partial charge on any atom is -0.387 e. The molecule has 0 bridgehead atoms. The lowest BCUT2D eigenvalue weighted by Crippen LogP contribution is -2.45. The number of unbranched alkanes of at least 4 members (excludes halogenated alkanes) is 29. The van der Waals surface area contributed by atoms with Gasteiger partial charge in [-0.05, 0) is 70.6 Å². The number of amides is 1. The lowest BCUT2D eigenvalue weighted by Gasteiger charge is -2.25. The average Bonchev–Trinajstić information content (AvgIpc) is 3.28. The molecule has 0 spiro atoms. The molecule has 0 aromatic rings. The third-order valence-electron chi connectivity index (χ3n) is 12.2. The van der Waals surface area contributed by atoms with E-state index in [1.807, 2.05) is 27.2 Å². The van der Waals surface area contributed by atoms with Crippen molar-refractivity contribution < 1.29 is 32.9 Å². The zero-order valence-corrected chi connectivity index (χ0v) is 44.8. The summed E-state index contributed by atoms with van der Waals surface area (Å²) in [6.45, 7) is 4.79. The number of carbonyl (C=O) groups is 1. The summed E-state index contributed by atoms with van der Waals surface area (Å²) in [5, 5.41) is 13.9. The molecule has 0 aliphatic heterocycles. The molecule has 1 amide bonds.